The summed E-state index contributed by atoms with van der Waals surface area (Å²) >= 11 is 0. The van der Waals surface area contributed by atoms with E-state index in [0.29, 0.717) is 19.3 Å². The predicted octanol–water partition coefficient (Wildman–Crippen LogP) is 3.58. The Labute approximate surface area is 114 Å². The number of hydrogen-bond donors (Lipinski definition) is 1. The van der Waals surface area contributed by atoms with E-state index in [0.717, 1.165) is 25.3 Å². The molecule has 0 aliphatic rings. The molecule has 110 valence electrons. The van der Waals surface area contributed by atoms with Crippen molar-refractivity contribution in [3.63, 3.8) is 0 Å². The molecule has 1 atom stereocenters. The molecule has 0 spiro atoms. The largest absolute Gasteiger partial charge is 0.351 e. The molecule has 1 N–H and O–H groups in total. The van der Waals surface area contributed by atoms with Crippen LogP contribution in [-0.4, -0.2) is 32.1 Å². The topological polar surface area (TPSA) is 30.5 Å². The monoisotopic (exact) mass is 259 g/mol. The van der Waals surface area contributed by atoms with Crippen LogP contribution in [0, 0.1) is 5.92 Å². The zero-order valence-corrected chi connectivity index (χ0v) is 13.0. The Morgan fingerprint density at radius 2 is 1.44 bits per heavy atom. The summed E-state index contributed by atoms with van der Waals surface area (Å²) in [6.07, 6.45) is 4.63. The molecule has 0 aromatic heterocycles. The quantitative estimate of drug-likeness (QED) is 0.543. The number of hydrogen-bond acceptors (Lipinski definition) is 3. The van der Waals surface area contributed by atoms with E-state index in [4.69, 9.17) is 9.47 Å². The van der Waals surface area contributed by atoms with Gasteiger partial charge in [0.05, 0.1) is 6.04 Å². The number of ether oxygens (including phenoxy) is 2. The summed E-state index contributed by atoms with van der Waals surface area (Å²) in [6.45, 7) is 13.2. The van der Waals surface area contributed by atoms with Gasteiger partial charge in [-0.25, -0.2) is 0 Å². The lowest BCUT2D eigenvalue weighted by Gasteiger charge is -2.30. The smallest absolute Gasteiger partial charge is 0.172 e. The fourth-order valence-electron chi connectivity index (χ4n) is 2.21. The highest BCUT2D eigenvalue weighted by molar-refractivity contribution is 4.74. The molecular weight excluding hydrogens is 226 g/mol. The van der Waals surface area contributed by atoms with Crippen molar-refractivity contribution in [2.24, 2.45) is 5.92 Å². The van der Waals surface area contributed by atoms with E-state index in [1.165, 1.54) is 12.8 Å². The van der Waals surface area contributed by atoms with E-state index in [1.54, 1.807) is 0 Å². The summed E-state index contributed by atoms with van der Waals surface area (Å²) in [5.41, 5.74) is 0. The summed E-state index contributed by atoms with van der Waals surface area (Å²) < 4.78 is 11.5. The van der Waals surface area contributed by atoms with Crippen LogP contribution in [0.5, 0.6) is 0 Å². The summed E-state index contributed by atoms with van der Waals surface area (Å²) in [5, 5.41) is 3.59. The van der Waals surface area contributed by atoms with Gasteiger partial charge in [0, 0.05) is 13.2 Å². The molecule has 3 nitrogen and oxygen atoms in total. The SMILES string of the molecule is CCCNC(CC(CC)CC)C(OCC)OCC. The van der Waals surface area contributed by atoms with Crippen LogP contribution in [0.3, 0.4) is 0 Å². The minimum Gasteiger partial charge on any atom is -0.351 e. The second-order valence-corrected chi connectivity index (χ2v) is 4.76. The van der Waals surface area contributed by atoms with Gasteiger partial charge in [-0.1, -0.05) is 33.6 Å². The predicted molar refractivity (Wildman–Crippen MR) is 77.8 cm³/mol. The van der Waals surface area contributed by atoms with Crippen LogP contribution in [-0.2, 0) is 9.47 Å². The van der Waals surface area contributed by atoms with Crippen molar-refractivity contribution < 1.29 is 9.47 Å². The lowest BCUT2D eigenvalue weighted by atomic mass is 9.94. The standard InChI is InChI=1S/C15H33NO2/c1-6-11-16-14(12-13(7-2)8-3)15(17-9-4)18-10-5/h13-16H,6-12H2,1-5H3. The maximum atomic E-state index is 5.75. The molecular formula is C15H33NO2. The average Bonchev–Trinajstić information content (AvgIpc) is 2.39. The van der Waals surface area contributed by atoms with Gasteiger partial charge in [0.25, 0.3) is 0 Å². The highest BCUT2D eigenvalue weighted by atomic mass is 16.7. The first kappa shape index (κ1) is 17.9. The molecule has 3 heteroatoms. The van der Waals surface area contributed by atoms with Crippen LogP contribution in [0.15, 0.2) is 0 Å². The molecule has 0 aliphatic carbocycles. The normalized spacial score (nSPS) is 13.5. The number of nitrogens with one attached hydrogen (secondary N) is 1. The Bertz CT molecular complexity index is 166. The zero-order valence-electron chi connectivity index (χ0n) is 13.0. The van der Waals surface area contributed by atoms with E-state index in [9.17, 15) is 0 Å². The fraction of sp³-hybridized carbons (Fsp3) is 1.00. The molecule has 0 fully saturated rings. The fourth-order valence-corrected chi connectivity index (χ4v) is 2.21. The lowest BCUT2D eigenvalue weighted by Crippen LogP contribution is -2.44. The van der Waals surface area contributed by atoms with Crippen LogP contribution in [0.25, 0.3) is 0 Å². The highest BCUT2D eigenvalue weighted by Crippen LogP contribution is 2.18. The number of rotatable bonds is 12. The molecule has 0 aromatic rings. The van der Waals surface area contributed by atoms with Crippen molar-refractivity contribution in [3.05, 3.63) is 0 Å². The molecule has 0 aromatic carbocycles. The summed E-state index contributed by atoms with van der Waals surface area (Å²) in [4.78, 5) is 0. The average molecular weight is 259 g/mol. The van der Waals surface area contributed by atoms with Crippen LogP contribution in [0.1, 0.15) is 60.3 Å². The molecule has 0 bridgehead atoms. The second kappa shape index (κ2) is 11.9. The van der Waals surface area contributed by atoms with Crippen molar-refractivity contribution in [2.75, 3.05) is 19.8 Å². The molecule has 0 amide bonds. The minimum atomic E-state index is -0.104. The second-order valence-electron chi connectivity index (χ2n) is 4.76. The summed E-state index contributed by atoms with van der Waals surface area (Å²) in [5.74, 6) is 0.753. The van der Waals surface area contributed by atoms with Crippen molar-refractivity contribution in [1.82, 2.24) is 5.32 Å². The van der Waals surface area contributed by atoms with Gasteiger partial charge in [-0.2, -0.15) is 0 Å². The Hall–Kier alpha value is -0.120. The molecule has 0 saturated carbocycles. The third-order valence-electron chi connectivity index (χ3n) is 3.39. The maximum absolute atomic E-state index is 5.75. The van der Waals surface area contributed by atoms with Gasteiger partial charge in [-0.3, -0.25) is 0 Å². The van der Waals surface area contributed by atoms with E-state index in [2.05, 4.69) is 26.1 Å². The van der Waals surface area contributed by atoms with Gasteiger partial charge in [-0.15, -0.1) is 0 Å². The minimum absolute atomic E-state index is 0.104. The van der Waals surface area contributed by atoms with Crippen LogP contribution in [0.2, 0.25) is 0 Å². The third kappa shape index (κ3) is 7.34. The van der Waals surface area contributed by atoms with E-state index < -0.39 is 0 Å². The molecule has 0 aliphatic heterocycles. The van der Waals surface area contributed by atoms with Gasteiger partial charge in [0.1, 0.15) is 0 Å². The van der Waals surface area contributed by atoms with Crippen molar-refractivity contribution in [2.45, 2.75) is 72.6 Å². The van der Waals surface area contributed by atoms with Crippen molar-refractivity contribution in [3.8, 4) is 0 Å². The third-order valence-corrected chi connectivity index (χ3v) is 3.39. The Kier molecular flexibility index (Phi) is 11.9. The van der Waals surface area contributed by atoms with Crippen LogP contribution in [0.4, 0.5) is 0 Å². The zero-order chi connectivity index (χ0) is 13.8. The molecule has 0 heterocycles. The van der Waals surface area contributed by atoms with Crippen molar-refractivity contribution >= 4 is 0 Å². The first-order chi connectivity index (χ1) is 8.73. The molecule has 0 rings (SSSR count). The highest BCUT2D eigenvalue weighted by Gasteiger charge is 2.24. The van der Waals surface area contributed by atoms with Gasteiger partial charge in [-0.05, 0) is 39.2 Å². The molecule has 0 radical (unpaired) electrons. The van der Waals surface area contributed by atoms with E-state index in [1.807, 2.05) is 13.8 Å². The Morgan fingerprint density at radius 1 is 0.889 bits per heavy atom. The molecule has 0 saturated heterocycles. The van der Waals surface area contributed by atoms with E-state index in [-0.39, 0.29) is 6.29 Å². The first-order valence-corrected chi connectivity index (χ1v) is 7.69. The maximum Gasteiger partial charge on any atom is 0.172 e. The van der Waals surface area contributed by atoms with Crippen molar-refractivity contribution in [1.29, 1.82) is 0 Å². The Balaban J connectivity index is 4.47. The van der Waals surface area contributed by atoms with Gasteiger partial charge < -0.3 is 14.8 Å². The Morgan fingerprint density at radius 3 is 1.83 bits per heavy atom. The molecule has 1 unspecified atom stereocenters. The lowest BCUT2D eigenvalue weighted by molar-refractivity contribution is -0.156. The summed E-state index contributed by atoms with van der Waals surface area (Å²) in [6, 6.07) is 0.315. The van der Waals surface area contributed by atoms with E-state index >= 15 is 0 Å². The summed E-state index contributed by atoms with van der Waals surface area (Å²) in [7, 11) is 0. The van der Waals surface area contributed by atoms with Gasteiger partial charge >= 0.3 is 0 Å². The van der Waals surface area contributed by atoms with Gasteiger partial charge in [0.2, 0.25) is 0 Å². The van der Waals surface area contributed by atoms with Gasteiger partial charge in [0.15, 0.2) is 6.29 Å². The molecule has 18 heavy (non-hydrogen) atoms. The van der Waals surface area contributed by atoms with Crippen LogP contribution < -0.4 is 5.32 Å². The first-order valence-electron chi connectivity index (χ1n) is 7.69. The van der Waals surface area contributed by atoms with Crippen LogP contribution >= 0.6 is 0 Å².